The summed E-state index contributed by atoms with van der Waals surface area (Å²) in [6.07, 6.45) is 9.95. The maximum Gasteiger partial charge on any atom is 0.234 e. The van der Waals surface area contributed by atoms with Gasteiger partial charge < -0.3 is 4.52 Å². The van der Waals surface area contributed by atoms with Gasteiger partial charge in [0.05, 0.1) is 6.42 Å². The molecule has 20 heavy (non-hydrogen) atoms. The maximum atomic E-state index is 11.7. The molecule has 2 aliphatic carbocycles. The van der Waals surface area contributed by atoms with Crippen molar-refractivity contribution in [2.24, 2.45) is 11.8 Å². The van der Waals surface area contributed by atoms with E-state index in [1.165, 1.54) is 38.5 Å². The molecule has 0 N–H and O–H groups in total. The van der Waals surface area contributed by atoms with E-state index in [-0.39, 0.29) is 11.7 Å². The third-order valence-electron chi connectivity index (χ3n) is 4.75. The molecule has 1 heterocycles. The van der Waals surface area contributed by atoms with Crippen molar-refractivity contribution in [1.29, 1.82) is 0 Å². The molecule has 0 spiro atoms. The van der Waals surface area contributed by atoms with Crippen LogP contribution in [0.5, 0.6) is 0 Å². The number of rotatable bonds is 6. The molecule has 4 nitrogen and oxygen atoms in total. The van der Waals surface area contributed by atoms with Crippen molar-refractivity contribution in [3.8, 4) is 0 Å². The van der Waals surface area contributed by atoms with E-state index in [9.17, 15) is 4.79 Å². The fourth-order valence-corrected chi connectivity index (χ4v) is 3.32. The number of aromatic nitrogens is 2. The zero-order valence-corrected chi connectivity index (χ0v) is 12.3. The van der Waals surface area contributed by atoms with Crippen LogP contribution in [0.15, 0.2) is 4.52 Å². The summed E-state index contributed by atoms with van der Waals surface area (Å²) in [7, 11) is 0. The van der Waals surface area contributed by atoms with Gasteiger partial charge in [0.25, 0.3) is 0 Å². The second kappa shape index (κ2) is 6.06. The molecule has 2 saturated carbocycles. The van der Waals surface area contributed by atoms with Crippen LogP contribution in [0.3, 0.4) is 0 Å². The summed E-state index contributed by atoms with van der Waals surface area (Å²) in [5, 5.41) is 4.11. The average Bonchev–Trinajstić information content (AvgIpc) is 3.21. The van der Waals surface area contributed by atoms with Crippen LogP contribution in [-0.2, 0) is 11.2 Å². The van der Waals surface area contributed by atoms with Crippen molar-refractivity contribution in [2.45, 2.75) is 70.6 Å². The minimum Gasteiger partial charge on any atom is -0.339 e. The van der Waals surface area contributed by atoms with Crippen molar-refractivity contribution in [3.63, 3.8) is 0 Å². The van der Waals surface area contributed by atoms with E-state index in [4.69, 9.17) is 4.52 Å². The van der Waals surface area contributed by atoms with Crippen molar-refractivity contribution in [3.05, 3.63) is 11.7 Å². The molecule has 0 radical (unpaired) electrons. The lowest BCUT2D eigenvalue weighted by Crippen LogP contribution is -2.14. The van der Waals surface area contributed by atoms with E-state index in [2.05, 4.69) is 17.1 Å². The van der Waals surface area contributed by atoms with Gasteiger partial charge in [0.2, 0.25) is 5.89 Å². The monoisotopic (exact) mass is 276 g/mol. The van der Waals surface area contributed by atoms with Crippen LogP contribution in [0, 0.1) is 11.8 Å². The summed E-state index contributed by atoms with van der Waals surface area (Å²) in [5.41, 5.74) is 0. The first-order chi connectivity index (χ1) is 9.76. The molecule has 110 valence electrons. The summed E-state index contributed by atoms with van der Waals surface area (Å²) < 4.78 is 5.26. The molecule has 3 rings (SSSR count). The fourth-order valence-electron chi connectivity index (χ4n) is 3.32. The topological polar surface area (TPSA) is 56.0 Å². The highest BCUT2D eigenvalue weighted by Gasteiger charge is 2.31. The molecule has 0 bridgehead atoms. The standard InChI is InChI=1S/C16H24N2O2/c1-2-3-11-4-6-13(7-5-11)16-17-15(20-18-16)10-14(19)12-8-9-12/h11-13H,2-10H2,1H3. The van der Waals surface area contributed by atoms with Gasteiger partial charge in [-0.25, -0.2) is 0 Å². The number of carbonyl (C=O) groups excluding carboxylic acids is 1. The molecule has 2 fully saturated rings. The quantitative estimate of drug-likeness (QED) is 0.795. The smallest absolute Gasteiger partial charge is 0.234 e. The van der Waals surface area contributed by atoms with Crippen molar-refractivity contribution < 1.29 is 9.32 Å². The number of carbonyl (C=O) groups is 1. The zero-order chi connectivity index (χ0) is 13.9. The number of hydrogen-bond donors (Lipinski definition) is 0. The largest absolute Gasteiger partial charge is 0.339 e. The van der Waals surface area contributed by atoms with Crippen molar-refractivity contribution in [1.82, 2.24) is 10.1 Å². The maximum absolute atomic E-state index is 11.7. The molecular weight excluding hydrogens is 252 g/mol. The Morgan fingerprint density at radius 2 is 1.95 bits per heavy atom. The zero-order valence-electron chi connectivity index (χ0n) is 12.3. The van der Waals surface area contributed by atoms with Gasteiger partial charge in [-0.3, -0.25) is 4.79 Å². The summed E-state index contributed by atoms with van der Waals surface area (Å²) >= 11 is 0. The first kappa shape index (κ1) is 13.8. The van der Waals surface area contributed by atoms with E-state index >= 15 is 0 Å². The molecule has 0 aromatic carbocycles. The molecule has 0 saturated heterocycles. The van der Waals surface area contributed by atoms with Gasteiger partial charge in [-0.05, 0) is 44.4 Å². The van der Waals surface area contributed by atoms with E-state index in [0.717, 1.165) is 24.6 Å². The average molecular weight is 276 g/mol. The Balaban J connectivity index is 1.53. The Morgan fingerprint density at radius 3 is 2.60 bits per heavy atom. The van der Waals surface area contributed by atoms with Gasteiger partial charge in [-0.2, -0.15) is 4.98 Å². The van der Waals surface area contributed by atoms with Crippen molar-refractivity contribution in [2.75, 3.05) is 0 Å². The lowest BCUT2D eigenvalue weighted by atomic mass is 9.80. The Hall–Kier alpha value is -1.19. The van der Waals surface area contributed by atoms with Crippen LogP contribution in [0.2, 0.25) is 0 Å². The van der Waals surface area contributed by atoms with Crippen LogP contribution < -0.4 is 0 Å². The minimum absolute atomic E-state index is 0.270. The Labute approximate surface area is 120 Å². The van der Waals surface area contributed by atoms with Crippen LogP contribution >= 0.6 is 0 Å². The summed E-state index contributed by atoms with van der Waals surface area (Å²) in [6, 6.07) is 0. The van der Waals surface area contributed by atoms with Crippen LogP contribution in [0.25, 0.3) is 0 Å². The molecule has 0 aliphatic heterocycles. The van der Waals surface area contributed by atoms with E-state index in [1.54, 1.807) is 0 Å². The first-order valence-corrected chi connectivity index (χ1v) is 8.11. The van der Waals surface area contributed by atoms with Gasteiger partial charge >= 0.3 is 0 Å². The van der Waals surface area contributed by atoms with Crippen LogP contribution in [-0.4, -0.2) is 15.9 Å². The third kappa shape index (κ3) is 3.28. The van der Waals surface area contributed by atoms with Crippen molar-refractivity contribution >= 4 is 5.78 Å². The molecule has 1 aromatic rings. The highest BCUT2D eigenvalue weighted by Crippen LogP contribution is 2.36. The van der Waals surface area contributed by atoms with E-state index < -0.39 is 0 Å². The van der Waals surface area contributed by atoms with Crippen LogP contribution in [0.1, 0.15) is 75.9 Å². The molecule has 4 heteroatoms. The summed E-state index contributed by atoms with van der Waals surface area (Å²) in [6.45, 7) is 2.26. The SMILES string of the molecule is CCCC1CCC(c2noc(CC(=O)C3CC3)n2)CC1. The Kier molecular flexibility index (Phi) is 4.18. The summed E-state index contributed by atoms with van der Waals surface area (Å²) in [4.78, 5) is 16.2. The number of nitrogens with zero attached hydrogens (tertiary/aromatic N) is 2. The van der Waals surface area contributed by atoms with Gasteiger partial charge in [-0.1, -0.05) is 24.9 Å². The molecule has 1 aromatic heterocycles. The number of hydrogen-bond acceptors (Lipinski definition) is 4. The molecule has 0 amide bonds. The van der Waals surface area contributed by atoms with Gasteiger partial charge in [0.1, 0.15) is 5.78 Å². The minimum atomic E-state index is 0.270. The van der Waals surface area contributed by atoms with Gasteiger partial charge in [-0.15, -0.1) is 0 Å². The second-order valence-electron chi connectivity index (χ2n) is 6.47. The third-order valence-corrected chi connectivity index (χ3v) is 4.75. The molecule has 2 aliphatic rings. The predicted octanol–water partition coefficient (Wildman–Crippen LogP) is 3.67. The molecule has 0 atom stereocenters. The number of Topliss-reactive ketones (excluding diaryl/α,β-unsaturated/α-hetero) is 1. The molecule has 0 unspecified atom stereocenters. The molecular formula is C16H24N2O2. The summed E-state index contributed by atoms with van der Waals surface area (Å²) in [5.74, 6) is 3.23. The Morgan fingerprint density at radius 1 is 1.20 bits per heavy atom. The van der Waals surface area contributed by atoms with Crippen LogP contribution in [0.4, 0.5) is 0 Å². The van der Waals surface area contributed by atoms with E-state index in [1.807, 2.05) is 0 Å². The number of ketones is 1. The predicted molar refractivity (Wildman–Crippen MR) is 75.3 cm³/mol. The Bertz CT molecular complexity index is 457. The van der Waals surface area contributed by atoms with Gasteiger partial charge in [0, 0.05) is 11.8 Å². The normalized spacial score (nSPS) is 26.6. The highest BCUT2D eigenvalue weighted by molar-refractivity contribution is 5.84. The van der Waals surface area contributed by atoms with E-state index in [0.29, 0.717) is 18.2 Å². The first-order valence-electron chi connectivity index (χ1n) is 8.11. The lowest BCUT2D eigenvalue weighted by Gasteiger charge is -2.26. The highest BCUT2D eigenvalue weighted by atomic mass is 16.5. The lowest BCUT2D eigenvalue weighted by molar-refractivity contribution is -0.119. The second-order valence-corrected chi connectivity index (χ2v) is 6.47. The van der Waals surface area contributed by atoms with Gasteiger partial charge in [0.15, 0.2) is 5.82 Å². The fraction of sp³-hybridized carbons (Fsp3) is 0.812.